The quantitative estimate of drug-likeness (QED) is 0.867. The van der Waals surface area contributed by atoms with Gasteiger partial charge in [-0.3, -0.25) is 10.1 Å². The topological polar surface area (TPSA) is 57.8 Å². The van der Waals surface area contributed by atoms with E-state index in [0.717, 1.165) is 5.56 Å². The number of nitrogens with one attached hydrogen (secondary N) is 1. The third kappa shape index (κ3) is 1.75. The van der Waals surface area contributed by atoms with Crippen molar-refractivity contribution in [1.29, 1.82) is 5.41 Å². The minimum absolute atomic E-state index is 0.309. The fourth-order valence-corrected chi connectivity index (χ4v) is 2.12. The molecule has 0 amide bonds. The van der Waals surface area contributed by atoms with Crippen LogP contribution in [0.4, 0.5) is 4.39 Å². The number of fused-ring (bicyclic) bond motifs is 1. The number of aryl methyl sites for hydroxylation is 1. The average molecular weight is 245 g/mol. The zero-order chi connectivity index (χ0) is 12.7. The predicted molar refractivity (Wildman–Crippen MR) is 63.5 cm³/mol. The summed E-state index contributed by atoms with van der Waals surface area (Å²) in [6.07, 6.45) is 1.63. The van der Waals surface area contributed by atoms with Crippen LogP contribution in [0.3, 0.4) is 0 Å². The molecule has 1 N–H and O–H groups in total. The number of aromatic nitrogens is 3. The van der Waals surface area contributed by atoms with Crippen molar-refractivity contribution >= 4 is 5.84 Å². The molecule has 0 spiro atoms. The molecule has 5 nitrogen and oxygen atoms in total. The van der Waals surface area contributed by atoms with Crippen LogP contribution in [0.25, 0.3) is 0 Å². The lowest BCUT2D eigenvalue weighted by Crippen LogP contribution is -2.24. The van der Waals surface area contributed by atoms with Crippen molar-refractivity contribution in [2.24, 2.45) is 7.05 Å². The summed E-state index contributed by atoms with van der Waals surface area (Å²) in [6.45, 7) is 1.07. The van der Waals surface area contributed by atoms with Crippen LogP contribution in [-0.4, -0.2) is 25.5 Å². The van der Waals surface area contributed by atoms with Gasteiger partial charge in [0, 0.05) is 19.2 Å². The lowest BCUT2D eigenvalue weighted by Gasteiger charge is -2.15. The van der Waals surface area contributed by atoms with Gasteiger partial charge in [-0.2, -0.15) is 5.10 Å². The molecular weight excluding hydrogens is 233 g/mol. The normalized spacial score (nSPS) is 14.1. The highest BCUT2D eigenvalue weighted by atomic mass is 19.1. The molecule has 0 radical (unpaired) electrons. The fraction of sp³-hybridized carbons (Fsp3) is 0.250. The van der Waals surface area contributed by atoms with E-state index in [2.05, 4.69) is 10.1 Å². The Morgan fingerprint density at radius 1 is 1.44 bits per heavy atom. The predicted octanol–water partition coefficient (Wildman–Crippen LogP) is 1.30. The number of nitrogens with zero attached hydrogens (tertiary/aromatic N) is 4. The first kappa shape index (κ1) is 10.9. The monoisotopic (exact) mass is 245 g/mol. The second-order valence-electron chi connectivity index (χ2n) is 4.34. The van der Waals surface area contributed by atoms with Gasteiger partial charge in [0.1, 0.15) is 18.0 Å². The van der Waals surface area contributed by atoms with Crippen molar-refractivity contribution < 1.29 is 4.39 Å². The van der Waals surface area contributed by atoms with E-state index in [0.29, 0.717) is 30.3 Å². The number of hydrogen-bond acceptors (Lipinski definition) is 3. The first-order valence-electron chi connectivity index (χ1n) is 5.60. The molecule has 0 saturated heterocycles. The summed E-state index contributed by atoms with van der Waals surface area (Å²) in [4.78, 5) is 5.97. The molecule has 3 rings (SSSR count). The van der Waals surface area contributed by atoms with E-state index in [1.165, 1.54) is 12.1 Å². The number of rotatable bonds is 2. The maximum Gasteiger partial charge on any atom is 0.169 e. The van der Waals surface area contributed by atoms with E-state index < -0.39 is 0 Å². The van der Waals surface area contributed by atoms with Gasteiger partial charge in [-0.05, 0) is 17.7 Å². The van der Waals surface area contributed by atoms with Crippen LogP contribution in [0.2, 0.25) is 0 Å². The summed E-state index contributed by atoms with van der Waals surface area (Å²) in [6, 6.07) is 4.56. The Bertz CT molecular complexity index is 619. The Kier molecular flexibility index (Phi) is 2.36. The molecule has 1 aromatic heterocycles. The SMILES string of the molecule is Cn1cnc(CN2Cc3ccc(F)cc3C2=N)n1. The summed E-state index contributed by atoms with van der Waals surface area (Å²) in [7, 11) is 1.80. The molecule has 1 aliphatic heterocycles. The molecule has 92 valence electrons. The highest BCUT2D eigenvalue weighted by Gasteiger charge is 2.25. The second kappa shape index (κ2) is 3.90. The van der Waals surface area contributed by atoms with Crippen molar-refractivity contribution in [3.63, 3.8) is 0 Å². The molecule has 0 aliphatic carbocycles. The summed E-state index contributed by atoms with van der Waals surface area (Å²) in [5.74, 6) is 0.684. The highest BCUT2D eigenvalue weighted by molar-refractivity contribution is 6.00. The van der Waals surface area contributed by atoms with Gasteiger partial charge in [0.05, 0.1) is 6.54 Å². The van der Waals surface area contributed by atoms with Crippen molar-refractivity contribution in [2.45, 2.75) is 13.1 Å². The van der Waals surface area contributed by atoms with Crippen LogP contribution < -0.4 is 0 Å². The number of halogens is 1. The summed E-state index contributed by atoms with van der Waals surface area (Å²) >= 11 is 0. The van der Waals surface area contributed by atoms with E-state index >= 15 is 0 Å². The third-order valence-corrected chi connectivity index (χ3v) is 2.98. The van der Waals surface area contributed by atoms with Crippen LogP contribution in [0.1, 0.15) is 17.0 Å². The summed E-state index contributed by atoms with van der Waals surface area (Å²) < 4.78 is 14.8. The third-order valence-electron chi connectivity index (χ3n) is 2.98. The fourth-order valence-electron chi connectivity index (χ4n) is 2.12. The maximum atomic E-state index is 13.1. The Balaban J connectivity index is 1.84. The zero-order valence-electron chi connectivity index (χ0n) is 9.89. The molecule has 0 fully saturated rings. The smallest absolute Gasteiger partial charge is 0.169 e. The highest BCUT2D eigenvalue weighted by Crippen LogP contribution is 2.24. The number of benzene rings is 1. The number of hydrogen-bond donors (Lipinski definition) is 1. The summed E-state index contributed by atoms with van der Waals surface area (Å²) in [5, 5.41) is 12.2. The molecule has 6 heteroatoms. The standard InChI is InChI=1S/C12H12FN5/c1-17-7-15-11(16-17)6-18-5-8-2-3-9(13)4-10(8)12(18)14/h2-4,7,14H,5-6H2,1H3. The molecule has 18 heavy (non-hydrogen) atoms. The van der Waals surface area contributed by atoms with Gasteiger partial charge in [-0.1, -0.05) is 6.07 Å². The second-order valence-corrected chi connectivity index (χ2v) is 4.34. The van der Waals surface area contributed by atoms with Crippen LogP contribution >= 0.6 is 0 Å². The average Bonchev–Trinajstić information content (AvgIpc) is 2.86. The van der Waals surface area contributed by atoms with Gasteiger partial charge in [-0.25, -0.2) is 9.37 Å². The number of amidine groups is 1. The van der Waals surface area contributed by atoms with E-state index in [9.17, 15) is 4.39 Å². The lowest BCUT2D eigenvalue weighted by molar-refractivity contribution is 0.409. The molecule has 0 atom stereocenters. The van der Waals surface area contributed by atoms with Gasteiger partial charge in [-0.15, -0.1) is 0 Å². The Morgan fingerprint density at radius 3 is 3.00 bits per heavy atom. The molecule has 0 unspecified atom stereocenters. The van der Waals surface area contributed by atoms with Gasteiger partial charge in [0.25, 0.3) is 0 Å². The van der Waals surface area contributed by atoms with Gasteiger partial charge < -0.3 is 4.90 Å². The summed E-state index contributed by atoms with van der Waals surface area (Å²) in [5.41, 5.74) is 1.63. The van der Waals surface area contributed by atoms with Crippen molar-refractivity contribution in [3.05, 3.63) is 47.3 Å². The Labute approximate surface area is 103 Å². The first-order chi connectivity index (χ1) is 8.63. The molecule has 1 aliphatic rings. The molecule has 2 aromatic rings. The Hall–Kier alpha value is -2.24. The Morgan fingerprint density at radius 2 is 2.28 bits per heavy atom. The van der Waals surface area contributed by atoms with E-state index in [1.54, 1.807) is 24.1 Å². The minimum atomic E-state index is -0.309. The van der Waals surface area contributed by atoms with Gasteiger partial charge in [0.2, 0.25) is 0 Å². The van der Waals surface area contributed by atoms with Crippen molar-refractivity contribution in [2.75, 3.05) is 0 Å². The maximum absolute atomic E-state index is 13.1. The molecule has 0 saturated carbocycles. The van der Waals surface area contributed by atoms with Gasteiger partial charge in [0.15, 0.2) is 5.82 Å². The zero-order valence-corrected chi connectivity index (χ0v) is 9.89. The molecule has 2 heterocycles. The van der Waals surface area contributed by atoms with Crippen LogP contribution in [-0.2, 0) is 20.1 Å². The van der Waals surface area contributed by atoms with Crippen molar-refractivity contribution in [1.82, 2.24) is 19.7 Å². The molecule has 0 bridgehead atoms. The van der Waals surface area contributed by atoms with Crippen LogP contribution in [0.5, 0.6) is 0 Å². The lowest BCUT2D eigenvalue weighted by atomic mass is 10.1. The first-order valence-corrected chi connectivity index (χ1v) is 5.60. The van der Waals surface area contributed by atoms with E-state index in [-0.39, 0.29) is 5.82 Å². The minimum Gasteiger partial charge on any atom is -0.345 e. The van der Waals surface area contributed by atoms with Crippen LogP contribution in [0.15, 0.2) is 24.5 Å². The van der Waals surface area contributed by atoms with Crippen molar-refractivity contribution in [3.8, 4) is 0 Å². The van der Waals surface area contributed by atoms with Gasteiger partial charge >= 0.3 is 0 Å². The van der Waals surface area contributed by atoms with E-state index in [1.807, 2.05) is 4.90 Å². The largest absolute Gasteiger partial charge is 0.345 e. The van der Waals surface area contributed by atoms with Crippen LogP contribution in [0, 0.1) is 11.2 Å². The molecular formula is C12H12FN5. The molecule has 1 aromatic carbocycles. The van der Waals surface area contributed by atoms with E-state index in [4.69, 9.17) is 5.41 Å².